The lowest BCUT2D eigenvalue weighted by molar-refractivity contribution is -0.0512. The van der Waals surface area contributed by atoms with Crippen LogP contribution in [0.5, 0.6) is 17.2 Å². The highest BCUT2D eigenvalue weighted by Crippen LogP contribution is 2.30. The van der Waals surface area contributed by atoms with Crippen LogP contribution in [0.4, 0.5) is 8.78 Å². The number of alkyl halides is 2. The van der Waals surface area contributed by atoms with Gasteiger partial charge in [0.1, 0.15) is 18.1 Å². The molecule has 0 unspecified atom stereocenters. The number of furan rings is 1. The van der Waals surface area contributed by atoms with Crippen molar-refractivity contribution >= 4 is 21.8 Å². The van der Waals surface area contributed by atoms with Crippen LogP contribution in [-0.2, 0) is 13.2 Å². The Bertz CT molecular complexity index is 1020. The molecule has 0 N–H and O–H groups in total. The van der Waals surface area contributed by atoms with E-state index >= 15 is 0 Å². The van der Waals surface area contributed by atoms with E-state index in [0.29, 0.717) is 17.1 Å². The minimum absolute atomic E-state index is 0.0725. The zero-order chi connectivity index (χ0) is 22.4. The molecule has 1 amide bonds. The van der Waals surface area contributed by atoms with E-state index in [2.05, 4.69) is 20.7 Å². The van der Waals surface area contributed by atoms with Crippen LogP contribution < -0.4 is 14.2 Å². The van der Waals surface area contributed by atoms with Gasteiger partial charge < -0.3 is 23.5 Å². The topological polar surface area (TPSA) is 61.1 Å². The highest BCUT2D eigenvalue weighted by molar-refractivity contribution is 9.10. The van der Waals surface area contributed by atoms with Crippen LogP contribution in [0, 0.1) is 0 Å². The number of methoxy groups -OCH3 is 1. The molecule has 1 heterocycles. The molecular formula is C22H20BrF2NO5. The van der Waals surface area contributed by atoms with Crippen LogP contribution in [0.3, 0.4) is 0 Å². The second-order valence-corrected chi connectivity index (χ2v) is 7.45. The maximum atomic E-state index is 12.7. The van der Waals surface area contributed by atoms with E-state index in [-0.39, 0.29) is 36.3 Å². The molecule has 6 nitrogen and oxygen atoms in total. The Morgan fingerprint density at radius 2 is 1.84 bits per heavy atom. The van der Waals surface area contributed by atoms with E-state index in [1.807, 2.05) is 24.3 Å². The third kappa shape index (κ3) is 6.21. The molecule has 31 heavy (non-hydrogen) atoms. The van der Waals surface area contributed by atoms with Gasteiger partial charge in [0, 0.05) is 18.1 Å². The van der Waals surface area contributed by atoms with Crippen molar-refractivity contribution in [3.63, 3.8) is 0 Å². The first-order chi connectivity index (χ1) is 14.9. The van der Waals surface area contributed by atoms with Crippen molar-refractivity contribution in [2.24, 2.45) is 0 Å². The molecule has 0 aliphatic heterocycles. The van der Waals surface area contributed by atoms with Crippen molar-refractivity contribution in [2.45, 2.75) is 19.8 Å². The van der Waals surface area contributed by atoms with Gasteiger partial charge in [-0.3, -0.25) is 4.79 Å². The minimum Gasteiger partial charge on any atom is -0.493 e. The van der Waals surface area contributed by atoms with Crippen molar-refractivity contribution in [1.82, 2.24) is 4.90 Å². The number of rotatable bonds is 9. The predicted molar refractivity (Wildman–Crippen MR) is 113 cm³/mol. The average Bonchev–Trinajstić information content (AvgIpc) is 3.22. The third-order valence-electron chi connectivity index (χ3n) is 4.28. The smallest absolute Gasteiger partial charge is 0.387 e. The minimum atomic E-state index is -2.95. The summed E-state index contributed by atoms with van der Waals surface area (Å²) in [6, 6.07) is 15.1. The molecule has 164 valence electrons. The summed E-state index contributed by atoms with van der Waals surface area (Å²) in [5, 5.41) is 0. The van der Waals surface area contributed by atoms with Crippen molar-refractivity contribution < 1.29 is 32.2 Å². The predicted octanol–water partition coefficient (Wildman–Crippen LogP) is 5.50. The number of benzene rings is 2. The maximum absolute atomic E-state index is 12.7. The fraction of sp³-hybridized carbons (Fsp3) is 0.227. The van der Waals surface area contributed by atoms with Gasteiger partial charge in [0.15, 0.2) is 17.3 Å². The van der Waals surface area contributed by atoms with E-state index in [1.165, 1.54) is 18.1 Å². The summed E-state index contributed by atoms with van der Waals surface area (Å²) in [4.78, 5) is 14.1. The number of carbonyl (C=O) groups excluding carboxylic acids is 1. The Labute approximate surface area is 186 Å². The fourth-order valence-electron chi connectivity index (χ4n) is 2.79. The normalized spacial score (nSPS) is 10.8. The molecule has 0 saturated heterocycles. The van der Waals surface area contributed by atoms with Crippen molar-refractivity contribution in [1.29, 1.82) is 0 Å². The molecule has 3 aromatic rings. The molecule has 0 fully saturated rings. The number of carbonyl (C=O) groups is 1. The van der Waals surface area contributed by atoms with Gasteiger partial charge in [0.2, 0.25) is 0 Å². The van der Waals surface area contributed by atoms with Crippen LogP contribution in [0.25, 0.3) is 0 Å². The lowest BCUT2D eigenvalue weighted by atomic mass is 10.2. The van der Waals surface area contributed by atoms with Gasteiger partial charge in [-0.2, -0.15) is 8.78 Å². The van der Waals surface area contributed by atoms with Gasteiger partial charge in [-0.1, -0.05) is 22.0 Å². The van der Waals surface area contributed by atoms with Crippen molar-refractivity contribution in [3.8, 4) is 17.2 Å². The van der Waals surface area contributed by atoms with Crippen LogP contribution >= 0.6 is 15.9 Å². The number of hydrogen-bond acceptors (Lipinski definition) is 5. The highest BCUT2D eigenvalue weighted by atomic mass is 79.9. The first kappa shape index (κ1) is 22.6. The largest absolute Gasteiger partial charge is 0.493 e. The van der Waals surface area contributed by atoms with Crippen LogP contribution in [0.15, 0.2) is 63.5 Å². The number of nitrogens with zero attached hydrogens (tertiary/aromatic N) is 1. The molecule has 1 aromatic heterocycles. The second kappa shape index (κ2) is 10.3. The quantitative estimate of drug-likeness (QED) is 0.392. The molecule has 9 heteroatoms. The Balaban J connectivity index is 1.60. The summed E-state index contributed by atoms with van der Waals surface area (Å²) >= 11 is 3.36. The molecule has 0 radical (unpaired) electrons. The summed E-state index contributed by atoms with van der Waals surface area (Å²) in [6.07, 6.45) is 0. The first-order valence-electron chi connectivity index (χ1n) is 9.20. The standard InChI is InChI=1S/C22H20BrF2NO5/c1-26(12-14-3-9-18(31-22(24)25)20(11-14)28-2)21(27)19-10-8-17(30-19)13-29-16-6-4-15(23)5-7-16/h3-11,22H,12-13H2,1-2H3. The summed E-state index contributed by atoms with van der Waals surface area (Å²) < 4.78 is 46.6. The molecular weight excluding hydrogens is 476 g/mol. The highest BCUT2D eigenvalue weighted by Gasteiger charge is 2.18. The number of halogens is 3. The molecule has 3 rings (SSSR count). The third-order valence-corrected chi connectivity index (χ3v) is 4.81. The molecule has 0 saturated carbocycles. The SMILES string of the molecule is COc1cc(CN(C)C(=O)c2ccc(COc3ccc(Br)cc3)o2)ccc1OC(F)F. The second-order valence-electron chi connectivity index (χ2n) is 6.53. The Hall–Kier alpha value is -3.07. The van der Waals surface area contributed by atoms with E-state index in [9.17, 15) is 13.6 Å². The summed E-state index contributed by atoms with van der Waals surface area (Å²) in [6.45, 7) is -2.55. The number of hydrogen-bond donors (Lipinski definition) is 0. The summed E-state index contributed by atoms with van der Waals surface area (Å²) in [7, 11) is 2.96. The Morgan fingerprint density at radius 3 is 2.52 bits per heavy atom. The maximum Gasteiger partial charge on any atom is 0.387 e. The van der Waals surface area contributed by atoms with Crippen LogP contribution in [0.1, 0.15) is 21.9 Å². The lowest BCUT2D eigenvalue weighted by Gasteiger charge is -2.17. The van der Waals surface area contributed by atoms with Gasteiger partial charge in [-0.25, -0.2) is 0 Å². The van der Waals surface area contributed by atoms with E-state index < -0.39 is 6.61 Å². The van der Waals surface area contributed by atoms with Crippen LogP contribution in [-0.4, -0.2) is 31.6 Å². The van der Waals surface area contributed by atoms with Gasteiger partial charge in [-0.15, -0.1) is 0 Å². The van der Waals surface area contributed by atoms with E-state index in [0.717, 1.165) is 4.47 Å². The van der Waals surface area contributed by atoms with E-state index in [1.54, 1.807) is 31.3 Å². The zero-order valence-electron chi connectivity index (χ0n) is 16.8. The Kier molecular flexibility index (Phi) is 7.51. The monoisotopic (exact) mass is 495 g/mol. The molecule has 0 aliphatic carbocycles. The molecule has 0 spiro atoms. The van der Waals surface area contributed by atoms with Crippen molar-refractivity contribution in [2.75, 3.05) is 14.2 Å². The van der Waals surface area contributed by atoms with Crippen LogP contribution in [0.2, 0.25) is 0 Å². The number of amides is 1. The summed E-state index contributed by atoms with van der Waals surface area (Å²) in [5.74, 6) is 1.11. The Morgan fingerprint density at radius 1 is 1.10 bits per heavy atom. The first-order valence-corrected chi connectivity index (χ1v) is 9.99. The lowest BCUT2D eigenvalue weighted by Crippen LogP contribution is -2.25. The average molecular weight is 496 g/mol. The van der Waals surface area contributed by atoms with Crippen molar-refractivity contribution in [3.05, 3.63) is 76.2 Å². The van der Waals surface area contributed by atoms with Gasteiger partial charge in [-0.05, 0) is 54.1 Å². The molecule has 2 aromatic carbocycles. The molecule has 0 aliphatic rings. The van der Waals surface area contributed by atoms with Gasteiger partial charge >= 0.3 is 6.61 Å². The number of ether oxygens (including phenoxy) is 3. The van der Waals surface area contributed by atoms with Gasteiger partial charge in [0.05, 0.1) is 7.11 Å². The van der Waals surface area contributed by atoms with Gasteiger partial charge in [0.25, 0.3) is 5.91 Å². The fourth-order valence-corrected chi connectivity index (χ4v) is 3.06. The van der Waals surface area contributed by atoms with E-state index in [4.69, 9.17) is 13.9 Å². The molecule has 0 atom stereocenters. The zero-order valence-corrected chi connectivity index (χ0v) is 18.4. The summed E-state index contributed by atoms with van der Waals surface area (Å²) in [5.41, 5.74) is 0.680. The molecule has 0 bridgehead atoms.